The number of nitrogens with one attached hydrogen (secondary N) is 1. The molecule has 3 rings (SSSR count). The number of nitrogens with zero attached hydrogens (tertiary/aromatic N) is 7. The molecule has 0 aliphatic carbocycles. The van der Waals surface area contributed by atoms with Crippen LogP contribution >= 0.6 is 0 Å². The summed E-state index contributed by atoms with van der Waals surface area (Å²) in [6, 6.07) is 0.00201. The first-order valence-electron chi connectivity index (χ1n) is 7.28. The minimum absolute atomic E-state index is 0.00201. The molecule has 3 heterocycles. The number of hydrogen-bond donors (Lipinski definition) is 1. The van der Waals surface area contributed by atoms with Crippen molar-refractivity contribution < 1.29 is 4.79 Å². The first-order valence-corrected chi connectivity index (χ1v) is 7.28. The predicted molar refractivity (Wildman–Crippen MR) is 77.7 cm³/mol. The van der Waals surface area contributed by atoms with Crippen molar-refractivity contribution in [2.24, 2.45) is 0 Å². The van der Waals surface area contributed by atoms with E-state index >= 15 is 0 Å². The van der Waals surface area contributed by atoms with Crippen LogP contribution in [0.3, 0.4) is 0 Å². The van der Waals surface area contributed by atoms with Gasteiger partial charge in [-0.1, -0.05) is 0 Å². The molecular weight excluding hydrogens is 284 g/mol. The van der Waals surface area contributed by atoms with Crippen LogP contribution in [-0.2, 0) is 11.3 Å². The van der Waals surface area contributed by atoms with E-state index in [4.69, 9.17) is 0 Å². The van der Waals surface area contributed by atoms with Crippen LogP contribution in [0.1, 0.15) is 31.0 Å². The Morgan fingerprint density at radius 3 is 3.14 bits per heavy atom. The van der Waals surface area contributed by atoms with Crippen LogP contribution in [0.2, 0.25) is 0 Å². The van der Waals surface area contributed by atoms with Crippen molar-refractivity contribution in [2.45, 2.75) is 31.8 Å². The van der Waals surface area contributed by atoms with Crippen molar-refractivity contribution in [1.29, 1.82) is 0 Å². The van der Waals surface area contributed by atoms with Crippen LogP contribution in [-0.4, -0.2) is 54.6 Å². The standard InChI is InChI=1S/C13H18N8O/c1-14-12-8-15-7-10(17-12)11-3-2-5-21(11)13(22)4-6-20-9-16-18-19-20/h7-9,11H,2-6H2,1H3,(H,14,17). The third-order valence-electron chi connectivity index (χ3n) is 3.77. The van der Waals surface area contributed by atoms with Gasteiger partial charge < -0.3 is 10.2 Å². The minimum atomic E-state index is 0.00201. The van der Waals surface area contributed by atoms with E-state index in [1.54, 1.807) is 24.1 Å². The van der Waals surface area contributed by atoms with Gasteiger partial charge in [-0.15, -0.1) is 5.10 Å². The summed E-state index contributed by atoms with van der Waals surface area (Å²) in [4.78, 5) is 23.0. The average molecular weight is 302 g/mol. The van der Waals surface area contributed by atoms with E-state index in [2.05, 4.69) is 30.8 Å². The van der Waals surface area contributed by atoms with E-state index in [0.717, 1.165) is 25.1 Å². The molecule has 0 bridgehead atoms. The van der Waals surface area contributed by atoms with Gasteiger partial charge in [0.2, 0.25) is 5.91 Å². The number of carbonyl (C=O) groups is 1. The lowest BCUT2D eigenvalue weighted by atomic mass is 10.1. The summed E-state index contributed by atoms with van der Waals surface area (Å²) in [5.41, 5.74) is 0.833. The molecule has 1 fully saturated rings. The second kappa shape index (κ2) is 6.46. The second-order valence-corrected chi connectivity index (χ2v) is 5.15. The fourth-order valence-electron chi connectivity index (χ4n) is 2.67. The predicted octanol–water partition coefficient (Wildman–Crippen LogP) is 0.259. The lowest BCUT2D eigenvalue weighted by Crippen LogP contribution is -2.31. The lowest BCUT2D eigenvalue weighted by molar-refractivity contribution is -0.132. The zero-order valence-electron chi connectivity index (χ0n) is 12.4. The van der Waals surface area contributed by atoms with Gasteiger partial charge >= 0.3 is 0 Å². The maximum absolute atomic E-state index is 12.5. The molecule has 22 heavy (non-hydrogen) atoms. The fourth-order valence-corrected chi connectivity index (χ4v) is 2.67. The van der Waals surface area contributed by atoms with Crippen LogP contribution in [0.25, 0.3) is 0 Å². The van der Waals surface area contributed by atoms with Crippen LogP contribution in [0.5, 0.6) is 0 Å². The number of carbonyl (C=O) groups excluding carboxylic acids is 1. The average Bonchev–Trinajstić information content (AvgIpc) is 3.24. The van der Waals surface area contributed by atoms with Gasteiger partial charge in [0.1, 0.15) is 12.1 Å². The van der Waals surface area contributed by atoms with E-state index in [9.17, 15) is 4.79 Å². The van der Waals surface area contributed by atoms with E-state index in [0.29, 0.717) is 18.8 Å². The zero-order valence-corrected chi connectivity index (χ0v) is 12.4. The fraction of sp³-hybridized carbons (Fsp3) is 0.538. The summed E-state index contributed by atoms with van der Waals surface area (Å²) >= 11 is 0. The monoisotopic (exact) mass is 302 g/mol. The molecule has 0 radical (unpaired) electrons. The van der Waals surface area contributed by atoms with Gasteiger partial charge in [-0.2, -0.15) is 0 Å². The first-order chi connectivity index (χ1) is 10.8. The number of rotatable bonds is 5. The number of likely N-dealkylation sites (tertiary alicyclic amines) is 1. The molecule has 1 saturated heterocycles. The van der Waals surface area contributed by atoms with Gasteiger partial charge in [-0.3, -0.25) is 9.78 Å². The van der Waals surface area contributed by atoms with Gasteiger partial charge in [0, 0.05) is 20.0 Å². The Morgan fingerprint density at radius 1 is 1.45 bits per heavy atom. The van der Waals surface area contributed by atoms with Gasteiger partial charge in [0.25, 0.3) is 0 Å². The van der Waals surface area contributed by atoms with E-state index in [-0.39, 0.29) is 11.9 Å². The van der Waals surface area contributed by atoms with Crippen molar-refractivity contribution >= 4 is 11.7 Å². The molecule has 9 nitrogen and oxygen atoms in total. The normalized spacial score (nSPS) is 17.7. The molecular formula is C13H18N8O. The van der Waals surface area contributed by atoms with Gasteiger partial charge in [0.05, 0.1) is 30.7 Å². The molecule has 1 unspecified atom stereocenters. The summed E-state index contributed by atoms with van der Waals surface area (Å²) in [5.74, 6) is 0.806. The molecule has 9 heteroatoms. The molecule has 116 valence electrons. The van der Waals surface area contributed by atoms with Gasteiger partial charge in [0.15, 0.2) is 0 Å². The maximum Gasteiger partial charge on any atom is 0.225 e. The zero-order chi connectivity index (χ0) is 15.4. The molecule has 1 aliphatic heterocycles. The number of amides is 1. The van der Waals surface area contributed by atoms with Crippen molar-refractivity contribution in [3.8, 4) is 0 Å². The number of anilines is 1. The van der Waals surface area contributed by atoms with E-state index in [1.807, 2.05) is 4.90 Å². The Morgan fingerprint density at radius 2 is 2.36 bits per heavy atom. The minimum Gasteiger partial charge on any atom is -0.372 e. The van der Waals surface area contributed by atoms with Crippen molar-refractivity contribution in [3.63, 3.8) is 0 Å². The van der Waals surface area contributed by atoms with Crippen molar-refractivity contribution in [1.82, 2.24) is 35.1 Å². The molecule has 1 amide bonds. The third-order valence-corrected chi connectivity index (χ3v) is 3.77. The maximum atomic E-state index is 12.5. The molecule has 1 aliphatic rings. The number of aromatic nitrogens is 6. The summed E-state index contributed by atoms with van der Waals surface area (Å²) in [5, 5.41) is 13.9. The van der Waals surface area contributed by atoms with E-state index < -0.39 is 0 Å². The molecule has 0 spiro atoms. The lowest BCUT2D eigenvalue weighted by Gasteiger charge is -2.24. The van der Waals surface area contributed by atoms with Crippen molar-refractivity contribution in [2.75, 3.05) is 18.9 Å². The largest absolute Gasteiger partial charge is 0.372 e. The smallest absolute Gasteiger partial charge is 0.225 e. The molecule has 0 aromatic carbocycles. The molecule has 2 aromatic heterocycles. The van der Waals surface area contributed by atoms with Crippen molar-refractivity contribution in [3.05, 3.63) is 24.4 Å². The summed E-state index contributed by atoms with van der Waals surface area (Å²) in [6.45, 7) is 1.24. The Hall–Kier alpha value is -2.58. The van der Waals surface area contributed by atoms with Crippen LogP contribution < -0.4 is 5.32 Å². The Bertz CT molecular complexity index is 629. The second-order valence-electron chi connectivity index (χ2n) is 5.15. The van der Waals surface area contributed by atoms with Crippen LogP contribution in [0, 0.1) is 0 Å². The highest BCUT2D eigenvalue weighted by atomic mass is 16.2. The SMILES string of the molecule is CNc1cncc(C2CCCN2C(=O)CCn2cnnn2)n1. The van der Waals surface area contributed by atoms with E-state index in [1.165, 1.54) is 6.33 Å². The molecule has 2 aromatic rings. The quantitative estimate of drug-likeness (QED) is 0.845. The third kappa shape index (κ3) is 3.02. The molecule has 1 atom stereocenters. The summed E-state index contributed by atoms with van der Waals surface area (Å²) in [7, 11) is 1.80. The van der Waals surface area contributed by atoms with Gasteiger partial charge in [-0.05, 0) is 23.3 Å². The van der Waals surface area contributed by atoms with Crippen LogP contribution in [0.15, 0.2) is 18.7 Å². The van der Waals surface area contributed by atoms with Gasteiger partial charge in [-0.25, -0.2) is 9.67 Å². The molecule has 0 saturated carbocycles. The Labute approximate surface area is 127 Å². The topological polar surface area (TPSA) is 102 Å². The Kier molecular flexibility index (Phi) is 4.22. The Balaban J connectivity index is 1.68. The van der Waals surface area contributed by atoms with Crippen LogP contribution in [0.4, 0.5) is 5.82 Å². The summed E-state index contributed by atoms with van der Waals surface area (Å²) in [6.07, 6.45) is 7.18. The first kappa shape index (κ1) is 14.4. The number of aryl methyl sites for hydroxylation is 1. The summed E-state index contributed by atoms with van der Waals surface area (Å²) < 4.78 is 1.56. The number of tetrazole rings is 1. The highest BCUT2D eigenvalue weighted by Gasteiger charge is 2.31. The molecule has 1 N–H and O–H groups in total. The highest BCUT2D eigenvalue weighted by molar-refractivity contribution is 5.76. The number of hydrogen-bond acceptors (Lipinski definition) is 7. The highest BCUT2D eigenvalue weighted by Crippen LogP contribution is 2.31.